The van der Waals surface area contributed by atoms with Gasteiger partial charge in [0.15, 0.2) is 0 Å². The molecule has 1 aromatic rings. The minimum atomic E-state index is -0.180. The molecule has 0 spiro atoms. The monoisotopic (exact) mass is 220 g/mol. The summed E-state index contributed by atoms with van der Waals surface area (Å²) in [6.45, 7) is 1.54. The number of aliphatic hydroxyl groups excluding tert-OH is 1. The topological polar surface area (TPSA) is 58.7 Å². The number of fused-ring (bicyclic) bond motifs is 3. The highest BCUT2D eigenvalue weighted by Gasteiger charge is 2.32. The molecule has 0 aliphatic carbocycles. The Kier molecular flexibility index (Phi) is 2.17. The number of rotatable bonds is 0. The first kappa shape index (κ1) is 9.78. The summed E-state index contributed by atoms with van der Waals surface area (Å²) in [5, 5.41) is 9.64. The van der Waals surface area contributed by atoms with Crippen molar-refractivity contribution < 1.29 is 9.84 Å². The van der Waals surface area contributed by atoms with E-state index in [-0.39, 0.29) is 6.10 Å². The lowest BCUT2D eigenvalue weighted by Gasteiger charge is -2.43. The van der Waals surface area contributed by atoms with Gasteiger partial charge in [-0.2, -0.15) is 0 Å². The van der Waals surface area contributed by atoms with Gasteiger partial charge in [-0.25, -0.2) is 0 Å². The molecular weight excluding hydrogens is 204 g/mol. The van der Waals surface area contributed by atoms with E-state index in [1.54, 1.807) is 0 Å². The molecule has 0 saturated carbocycles. The van der Waals surface area contributed by atoms with Crippen molar-refractivity contribution in [1.29, 1.82) is 0 Å². The van der Waals surface area contributed by atoms with Crippen molar-refractivity contribution in [3.8, 4) is 5.75 Å². The Morgan fingerprint density at radius 1 is 1.44 bits per heavy atom. The second kappa shape index (κ2) is 3.56. The number of anilines is 2. The van der Waals surface area contributed by atoms with Crippen LogP contribution in [0.2, 0.25) is 0 Å². The number of nitrogens with zero attached hydrogens (tertiary/aromatic N) is 1. The highest BCUT2D eigenvalue weighted by atomic mass is 16.5. The van der Waals surface area contributed by atoms with Crippen molar-refractivity contribution in [2.75, 3.05) is 23.8 Å². The number of hydrogen-bond donors (Lipinski definition) is 2. The van der Waals surface area contributed by atoms with Crippen molar-refractivity contribution in [2.45, 2.75) is 25.0 Å². The maximum atomic E-state index is 9.64. The number of nitrogens with two attached hydrogens (primary N) is 1. The maximum Gasteiger partial charge on any atom is 0.144 e. The van der Waals surface area contributed by atoms with E-state index in [1.807, 2.05) is 18.2 Å². The zero-order valence-corrected chi connectivity index (χ0v) is 9.10. The lowest BCUT2D eigenvalue weighted by atomic mass is 9.97. The minimum Gasteiger partial charge on any atom is -0.489 e. The van der Waals surface area contributed by atoms with E-state index in [4.69, 9.17) is 10.5 Å². The normalized spacial score (nSPS) is 27.9. The molecule has 86 valence electrons. The van der Waals surface area contributed by atoms with Crippen molar-refractivity contribution in [3.63, 3.8) is 0 Å². The van der Waals surface area contributed by atoms with Crippen LogP contribution < -0.4 is 15.4 Å². The summed E-state index contributed by atoms with van der Waals surface area (Å²) in [5.74, 6) is 0.868. The van der Waals surface area contributed by atoms with Gasteiger partial charge >= 0.3 is 0 Å². The molecule has 2 atom stereocenters. The first-order chi connectivity index (χ1) is 7.74. The second-order valence-corrected chi connectivity index (χ2v) is 4.56. The number of aliphatic hydroxyl groups is 1. The molecule has 2 heterocycles. The number of piperidine rings is 1. The predicted octanol–water partition coefficient (Wildman–Crippen LogP) is 0.991. The molecular formula is C12H16N2O2. The Morgan fingerprint density at radius 2 is 2.31 bits per heavy atom. The molecule has 3 rings (SSSR count). The fourth-order valence-electron chi connectivity index (χ4n) is 2.57. The third kappa shape index (κ3) is 1.50. The molecule has 0 aromatic heterocycles. The van der Waals surface area contributed by atoms with Crippen LogP contribution in [0.1, 0.15) is 12.8 Å². The van der Waals surface area contributed by atoms with E-state index in [9.17, 15) is 5.11 Å². The fraction of sp³-hybridized carbons (Fsp3) is 0.500. The molecule has 3 N–H and O–H groups in total. The fourth-order valence-corrected chi connectivity index (χ4v) is 2.57. The Morgan fingerprint density at radius 3 is 3.19 bits per heavy atom. The summed E-state index contributed by atoms with van der Waals surface area (Å²) in [6, 6.07) is 6.08. The van der Waals surface area contributed by atoms with Crippen LogP contribution in [0.3, 0.4) is 0 Å². The van der Waals surface area contributed by atoms with Crippen molar-refractivity contribution in [3.05, 3.63) is 18.2 Å². The van der Waals surface area contributed by atoms with Gasteiger partial charge in [0.2, 0.25) is 0 Å². The maximum absolute atomic E-state index is 9.64. The molecule has 1 aromatic carbocycles. The van der Waals surface area contributed by atoms with Crippen LogP contribution >= 0.6 is 0 Å². The predicted molar refractivity (Wildman–Crippen MR) is 62.7 cm³/mol. The second-order valence-electron chi connectivity index (χ2n) is 4.56. The van der Waals surface area contributed by atoms with E-state index in [2.05, 4.69) is 4.90 Å². The molecule has 16 heavy (non-hydrogen) atoms. The molecule has 1 saturated heterocycles. The van der Waals surface area contributed by atoms with Crippen LogP contribution in [-0.4, -0.2) is 30.4 Å². The van der Waals surface area contributed by atoms with Gasteiger partial charge in [0, 0.05) is 18.3 Å². The standard InChI is InChI=1S/C12H16N2O2/c13-8-1-2-11-12(5-8)16-7-9-6-10(15)3-4-14(9)11/h1-2,5,9-10,15H,3-4,6-7,13H2. The van der Waals surface area contributed by atoms with E-state index in [1.165, 1.54) is 0 Å². The lowest BCUT2D eigenvalue weighted by molar-refractivity contribution is 0.108. The van der Waals surface area contributed by atoms with Crippen LogP contribution in [0.25, 0.3) is 0 Å². The first-order valence-corrected chi connectivity index (χ1v) is 5.71. The Labute approximate surface area is 94.6 Å². The van der Waals surface area contributed by atoms with Crippen LogP contribution in [0.5, 0.6) is 5.75 Å². The largest absolute Gasteiger partial charge is 0.489 e. The van der Waals surface area contributed by atoms with Crippen molar-refractivity contribution in [1.82, 2.24) is 0 Å². The lowest BCUT2D eigenvalue weighted by Crippen LogP contribution is -2.49. The van der Waals surface area contributed by atoms with Gasteiger partial charge in [-0.05, 0) is 25.0 Å². The molecule has 2 aliphatic rings. The van der Waals surface area contributed by atoms with Gasteiger partial charge in [0.1, 0.15) is 12.4 Å². The zero-order valence-electron chi connectivity index (χ0n) is 9.10. The SMILES string of the molecule is Nc1ccc2c(c1)OCC1CC(O)CCN21. The first-order valence-electron chi connectivity index (χ1n) is 5.71. The third-order valence-electron chi connectivity index (χ3n) is 3.41. The van der Waals surface area contributed by atoms with Crippen LogP contribution in [0.4, 0.5) is 11.4 Å². The highest BCUT2D eigenvalue weighted by molar-refractivity contribution is 5.65. The summed E-state index contributed by atoms with van der Waals surface area (Å²) in [6.07, 6.45) is 1.45. The van der Waals surface area contributed by atoms with Gasteiger partial charge < -0.3 is 20.5 Å². The molecule has 0 amide bonds. The summed E-state index contributed by atoms with van der Waals surface area (Å²) >= 11 is 0. The van der Waals surface area contributed by atoms with Gasteiger partial charge in [-0.1, -0.05) is 0 Å². The van der Waals surface area contributed by atoms with Crippen LogP contribution in [0, 0.1) is 0 Å². The minimum absolute atomic E-state index is 0.180. The molecule has 2 unspecified atom stereocenters. The Hall–Kier alpha value is -1.42. The molecule has 2 aliphatic heterocycles. The number of nitrogen functional groups attached to an aromatic ring is 1. The Bertz CT molecular complexity index is 408. The zero-order chi connectivity index (χ0) is 11.1. The van der Waals surface area contributed by atoms with Crippen molar-refractivity contribution >= 4 is 11.4 Å². The summed E-state index contributed by atoms with van der Waals surface area (Å²) in [7, 11) is 0. The third-order valence-corrected chi connectivity index (χ3v) is 3.41. The molecule has 4 nitrogen and oxygen atoms in total. The summed E-state index contributed by atoms with van der Waals surface area (Å²) in [4.78, 5) is 2.32. The smallest absolute Gasteiger partial charge is 0.144 e. The average molecular weight is 220 g/mol. The molecule has 0 bridgehead atoms. The van der Waals surface area contributed by atoms with Gasteiger partial charge in [-0.3, -0.25) is 0 Å². The van der Waals surface area contributed by atoms with E-state index >= 15 is 0 Å². The van der Waals surface area contributed by atoms with Crippen molar-refractivity contribution in [2.24, 2.45) is 0 Å². The Balaban J connectivity index is 1.94. The average Bonchev–Trinajstić information content (AvgIpc) is 2.28. The number of benzene rings is 1. The van der Waals surface area contributed by atoms with Gasteiger partial charge in [0.25, 0.3) is 0 Å². The quantitative estimate of drug-likeness (QED) is 0.640. The number of hydrogen-bond acceptors (Lipinski definition) is 4. The highest BCUT2D eigenvalue weighted by Crippen LogP contribution is 2.38. The van der Waals surface area contributed by atoms with E-state index < -0.39 is 0 Å². The van der Waals surface area contributed by atoms with Gasteiger partial charge in [-0.15, -0.1) is 0 Å². The molecule has 0 radical (unpaired) electrons. The van der Waals surface area contributed by atoms with Crippen LogP contribution in [-0.2, 0) is 0 Å². The van der Waals surface area contributed by atoms with E-state index in [0.717, 1.165) is 36.5 Å². The summed E-state index contributed by atoms with van der Waals surface area (Å²) < 4.78 is 5.69. The molecule has 4 heteroatoms. The molecule has 1 fully saturated rings. The number of ether oxygens (including phenoxy) is 1. The van der Waals surface area contributed by atoms with Crippen LogP contribution in [0.15, 0.2) is 18.2 Å². The van der Waals surface area contributed by atoms with E-state index in [0.29, 0.717) is 12.6 Å². The van der Waals surface area contributed by atoms with Gasteiger partial charge in [0.05, 0.1) is 17.8 Å². The summed E-state index contributed by atoms with van der Waals surface area (Å²) in [5.41, 5.74) is 7.57.